The number of ether oxygens (including phenoxy) is 2. The summed E-state index contributed by atoms with van der Waals surface area (Å²) >= 11 is 0.936. The fourth-order valence-electron chi connectivity index (χ4n) is 3.82. The number of hydrogen-bond donors (Lipinski definition) is 1. The molecule has 12 heteroatoms. The Kier molecular flexibility index (Phi) is 6.01. The fraction of sp³-hybridized carbons (Fsp3) is 0.174. The van der Waals surface area contributed by atoms with Crippen molar-refractivity contribution in [3.63, 3.8) is 0 Å². The summed E-state index contributed by atoms with van der Waals surface area (Å²) < 4.78 is 53.2. The number of benzene rings is 2. The number of H-pyrrole nitrogens is 1. The van der Waals surface area contributed by atoms with Gasteiger partial charge < -0.3 is 18.9 Å². The number of aromatic amines is 1. The van der Waals surface area contributed by atoms with Gasteiger partial charge in [0.15, 0.2) is 11.5 Å². The number of nitrogens with zero attached hydrogens (tertiary/aromatic N) is 3. The minimum Gasteiger partial charge on any atom is -0.493 e. The number of furan rings is 1. The average molecular weight is 513 g/mol. The van der Waals surface area contributed by atoms with Crippen LogP contribution in [0.2, 0.25) is 0 Å². The van der Waals surface area contributed by atoms with E-state index in [0.717, 1.165) is 11.7 Å². The molecule has 0 radical (unpaired) electrons. The van der Waals surface area contributed by atoms with Crippen molar-refractivity contribution in [3.8, 4) is 11.5 Å². The molecule has 35 heavy (non-hydrogen) atoms. The smallest absolute Gasteiger partial charge is 0.252 e. The molecule has 0 saturated heterocycles. The van der Waals surface area contributed by atoms with E-state index in [4.69, 9.17) is 13.9 Å². The van der Waals surface area contributed by atoms with Crippen LogP contribution in [0, 0.1) is 0 Å². The summed E-state index contributed by atoms with van der Waals surface area (Å²) in [6.07, 6.45) is 1.47. The van der Waals surface area contributed by atoms with E-state index in [-0.39, 0.29) is 29.1 Å². The second-order valence-corrected chi connectivity index (χ2v) is 10.1. The summed E-state index contributed by atoms with van der Waals surface area (Å²) in [5.74, 6) is 1.39. The van der Waals surface area contributed by atoms with Crippen LogP contribution in [-0.2, 0) is 23.1 Å². The predicted molar refractivity (Wildman–Crippen MR) is 130 cm³/mol. The van der Waals surface area contributed by atoms with Gasteiger partial charge in [0.2, 0.25) is 10.0 Å². The second-order valence-electron chi connectivity index (χ2n) is 7.66. The molecule has 0 unspecified atom stereocenters. The summed E-state index contributed by atoms with van der Waals surface area (Å²) in [5, 5.41) is 0.665. The van der Waals surface area contributed by atoms with Gasteiger partial charge in [-0.2, -0.15) is 13.1 Å². The van der Waals surface area contributed by atoms with Crippen molar-refractivity contribution in [2.24, 2.45) is 0 Å². The first-order valence-electron chi connectivity index (χ1n) is 10.4. The Hall–Kier alpha value is -3.74. The molecule has 10 nitrogen and oxygen atoms in total. The molecule has 2 aromatic carbocycles. The maximum atomic E-state index is 13.8. The summed E-state index contributed by atoms with van der Waals surface area (Å²) in [7, 11) is -1.06. The Labute approximate surface area is 204 Å². The molecule has 0 saturated carbocycles. The lowest BCUT2D eigenvalue weighted by molar-refractivity contribution is 0.355. The third-order valence-electron chi connectivity index (χ3n) is 5.55. The number of pyridine rings is 1. The van der Waals surface area contributed by atoms with E-state index < -0.39 is 15.6 Å². The van der Waals surface area contributed by atoms with Crippen LogP contribution in [0.5, 0.6) is 11.5 Å². The number of methoxy groups -OCH3 is 2. The maximum absolute atomic E-state index is 13.8. The van der Waals surface area contributed by atoms with Crippen LogP contribution < -0.4 is 15.0 Å². The Morgan fingerprint density at radius 3 is 2.57 bits per heavy atom. The van der Waals surface area contributed by atoms with Crippen molar-refractivity contribution in [1.29, 1.82) is 0 Å². The molecular formula is C23H20N4O6S2. The Morgan fingerprint density at radius 2 is 1.83 bits per heavy atom. The molecule has 180 valence electrons. The van der Waals surface area contributed by atoms with Gasteiger partial charge in [-0.1, -0.05) is 6.07 Å². The number of hydrogen-bond acceptors (Lipinski definition) is 9. The zero-order valence-electron chi connectivity index (χ0n) is 18.7. The normalized spacial score (nSPS) is 12.0. The van der Waals surface area contributed by atoms with Crippen LogP contribution >= 0.6 is 11.7 Å². The fourth-order valence-corrected chi connectivity index (χ4v) is 5.95. The van der Waals surface area contributed by atoms with Crippen molar-refractivity contribution in [2.45, 2.75) is 18.0 Å². The van der Waals surface area contributed by atoms with Gasteiger partial charge in [0.1, 0.15) is 21.7 Å². The molecule has 0 amide bonds. The Balaban J connectivity index is 1.61. The summed E-state index contributed by atoms with van der Waals surface area (Å²) in [6.45, 7) is -0.275. The molecule has 3 heterocycles. The van der Waals surface area contributed by atoms with Crippen molar-refractivity contribution in [1.82, 2.24) is 18.0 Å². The molecule has 0 aliphatic rings. The monoisotopic (exact) mass is 512 g/mol. The van der Waals surface area contributed by atoms with Crippen molar-refractivity contribution >= 4 is 43.7 Å². The molecule has 3 aromatic heterocycles. The van der Waals surface area contributed by atoms with Crippen molar-refractivity contribution < 1.29 is 22.3 Å². The van der Waals surface area contributed by atoms with E-state index in [1.165, 1.54) is 30.9 Å². The van der Waals surface area contributed by atoms with Gasteiger partial charge >= 0.3 is 0 Å². The van der Waals surface area contributed by atoms with E-state index >= 15 is 0 Å². The van der Waals surface area contributed by atoms with Crippen LogP contribution in [0.15, 0.2) is 68.9 Å². The van der Waals surface area contributed by atoms with Gasteiger partial charge in [-0.25, -0.2) is 8.42 Å². The molecule has 0 atom stereocenters. The highest BCUT2D eigenvalue weighted by Crippen LogP contribution is 2.32. The number of rotatable bonds is 8. The maximum Gasteiger partial charge on any atom is 0.252 e. The van der Waals surface area contributed by atoms with Crippen LogP contribution in [0.4, 0.5) is 0 Å². The molecular weight excluding hydrogens is 492 g/mol. The molecule has 5 aromatic rings. The van der Waals surface area contributed by atoms with Gasteiger partial charge in [0.25, 0.3) is 5.56 Å². The van der Waals surface area contributed by atoms with E-state index in [2.05, 4.69) is 13.7 Å². The van der Waals surface area contributed by atoms with E-state index in [0.29, 0.717) is 33.7 Å². The van der Waals surface area contributed by atoms with Gasteiger partial charge in [-0.15, -0.1) is 0 Å². The molecule has 0 bridgehead atoms. The predicted octanol–water partition coefficient (Wildman–Crippen LogP) is 3.53. The van der Waals surface area contributed by atoms with Gasteiger partial charge in [0, 0.05) is 23.6 Å². The lowest BCUT2D eigenvalue weighted by Gasteiger charge is -2.21. The van der Waals surface area contributed by atoms with Crippen LogP contribution in [0.25, 0.3) is 21.9 Å². The first-order valence-corrected chi connectivity index (χ1v) is 12.6. The minimum absolute atomic E-state index is 0.0129. The summed E-state index contributed by atoms with van der Waals surface area (Å²) in [4.78, 5) is 15.8. The molecule has 5 rings (SSSR count). The third kappa shape index (κ3) is 4.27. The highest BCUT2D eigenvalue weighted by molar-refractivity contribution is 7.89. The number of nitrogens with one attached hydrogen (secondary N) is 1. The topological polar surface area (TPSA) is 128 Å². The van der Waals surface area contributed by atoms with E-state index in [9.17, 15) is 13.2 Å². The number of sulfonamides is 1. The standard InChI is InChI=1S/C23H20N4O6S2/c1-31-19-10-14-9-15(23(28)24-18(14)11-20(19)32-2)12-27(13-16-5-4-8-33-16)35(29,30)21-7-3-6-17-22(21)26-34-25-17/h3-11H,12-13H2,1-2H3,(H,24,28). The number of aromatic nitrogens is 3. The van der Waals surface area contributed by atoms with Crippen LogP contribution in [-0.4, -0.2) is 40.7 Å². The largest absolute Gasteiger partial charge is 0.493 e. The average Bonchev–Trinajstić information content (AvgIpc) is 3.55. The lowest BCUT2D eigenvalue weighted by atomic mass is 10.1. The summed E-state index contributed by atoms with van der Waals surface area (Å²) in [6, 6.07) is 13.2. The highest BCUT2D eigenvalue weighted by Gasteiger charge is 2.29. The molecule has 0 aliphatic carbocycles. The molecule has 0 aliphatic heterocycles. The van der Waals surface area contributed by atoms with Gasteiger partial charge in [-0.05, 0) is 36.4 Å². The second kappa shape index (κ2) is 9.13. The Bertz CT molecular complexity index is 1680. The Morgan fingerprint density at radius 1 is 1.03 bits per heavy atom. The molecule has 1 N–H and O–H groups in total. The zero-order chi connectivity index (χ0) is 24.6. The minimum atomic E-state index is -4.09. The SMILES string of the molecule is COc1cc2cc(CN(Cc3ccco3)S(=O)(=O)c3cccc4nsnc34)c(=O)[nH]c2cc1OC. The third-order valence-corrected chi connectivity index (χ3v) is 7.92. The first kappa shape index (κ1) is 23.0. The van der Waals surface area contributed by atoms with Gasteiger partial charge in [-0.3, -0.25) is 4.79 Å². The van der Waals surface area contributed by atoms with Crippen LogP contribution in [0.1, 0.15) is 11.3 Å². The van der Waals surface area contributed by atoms with Crippen LogP contribution in [0.3, 0.4) is 0 Å². The first-order chi connectivity index (χ1) is 16.9. The van der Waals surface area contributed by atoms with E-state index in [1.807, 2.05) is 0 Å². The molecule has 0 fully saturated rings. The quantitative estimate of drug-likeness (QED) is 0.334. The molecule has 0 spiro atoms. The lowest BCUT2D eigenvalue weighted by Crippen LogP contribution is -2.32. The van der Waals surface area contributed by atoms with Crippen molar-refractivity contribution in [2.75, 3.05) is 14.2 Å². The highest BCUT2D eigenvalue weighted by atomic mass is 32.2. The summed E-state index contributed by atoms with van der Waals surface area (Å²) in [5.41, 5.74) is 1.14. The zero-order valence-corrected chi connectivity index (χ0v) is 20.4. The van der Waals surface area contributed by atoms with E-state index in [1.54, 1.807) is 42.5 Å². The van der Waals surface area contributed by atoms with Crippen molar-refractivity contribution in [3.05, 3.63) is 76.5 Å². The number of fused-ring (bicyclic) bond motifs is 2. The van der Waals surface area contributed by atoms with Gasteiger partial charge in [0.05, 0.1) is 44.3 Å².